The minimum Gasteiger partial charge on any atom is -0.348 e. The Bertz CT molecular complexity index is 516. The molecule has 0 atom stereocenters. The minimum absolute atomic E-state index is 0.205. The summed E-state index contributed by atoms with van der Waals surface area (Å²) in [4.78, 5) is 19.6. The molecule has 2 rings (SSSR count). The van der Waals surface area contributed by atoms with Crippen molar-refractivity contribution in [1.29, 1.82) is 0 Å². The van der Waals surface area contributed by atoms with Crippen LogP contribution in [-0.4, -0.2) is 15.9 Å². The summed E-state index contributed by atoms with van der Waals surface area (Å²) in [5.74, 6) is -0.244. The van der Waals surface area contributed by atoms with Gasteiger partial charge in [-0.1, -0.05) is 17.7 Å². The first-order valence-electron chi connectivity index (χ1n) is 5.05. The summed E-state index contributed by atoms with van der Waals surface area (Å²) < 4.78 is 0. The molecule has 1 N–H and O–H groups in total. The predicted octanol–water partition coefficient (Wildman–Crippen LogP) is 2.06. The van der Waals surface area contributed by atoms with Gasteiger partial charge in [-0.25, -0.2) is 4.98 Å². The van der Waals surface area contributed by atoms with Crippen LogP contribution in [0.5, 0.6) is 0 Å². The summed E-state index contributed by atoms with van der Waals surface area (Å²) in [5.41, 5.74) is 1.30. The summed E-state index contributed by atoms with van der Waals surface area (Å²) in [6.07, 6.45) is 4.93. The van der Waals surface area contributed by atoms with Crippen molar-refractivity contribution >= 4 is 17.5 Å². The second-order valence-electron chi connectivity index (χ2n) is 3.39. The Morgan fingerprint density at radius 2 is 2.12 bits per heavy atom. The molecule has 0 bridgehead atoms. The quantitative estimate of drug-likeness (QED) is 0.845. The number of hydrogen-bond donors (Lipinski definition) is 1. The second kappa shape index (κ2) is 5.41. The monoisotopic (exact) mass is 247 g/mol. The largest absolute Gasteiger partial charge is 0.348 e. The van der Waals surface area contributed by atoms with Gasteiger partial charge in [0, 0.05) is 25.1 Å². The van der Waals surface area contributed by atoms with Crippen LogP contribution in [0.25, 0.3) is 0 Å². The van der Waals surface area contributed by atoms with Crippen molar-refractivity contribution in [2.45, 2.75) is 6.54 Å². The molecule has 0 aromatic carbocycles. The number of hydrogen-bond acceptors (Lipinski definition) is 3. The molecular weight excluding hydrogens is 238 g/mol. The lowest BCUT2D eigenvalue weighted by Crippen LogP contribution is -2.23. The summed E-state index contributed by atoms with van der Waals surface area (Å²) in [6, 6.07) is 7.01. The van der Waals surface area contributed by atoms with Crippen molar-refractivity contribution in [3.05, 3.63) is 59.1 Å². The van der Waals surface area contributed by atoms with Gasteiger partial charge in [0.05, 0.1) is 5.56 Å². The van der Waals surface area contributed by atoms with Gasteiger partial charge < -0.3 is 5.32 Å². The van der Waals surface area contributed by atoms with E-state index in [1.165, 1.54) is 0 Å². The van der Waals surface area contributed by atoms with E-state index in [9.17, 15) is 4.79 Å². The van der Waals surface area contributed by atoms with E-state index in [-0.39, 0.29) is 11.1 Å². The Balaban J connectivity index is 2.01. The van der Waals surface area contributed by atoms with Gasteiger partial charge >= 0.3 is 0 Å². The van der Waals surface area contributed by atoms with Gasteiger partial charge in [0.25, 0.3) is 5.91 Å². The highest BCUT2D eigenvalue weighted by Crippen LogP contribution is 2.11. The van der Waals surface area contributed by atoms with Crippen LogP contribution < -0.4 is 5.32 Å². The molecule has 0 spiro atoms. The molecule has 0 unspecified atom stereocenters. The van der Waals surface area contributed by atoms with Crippen LogP contribution in [0.15, 0.2) is 42.9 Å². The van der Waals surface area contributed by atoms with Crippen LogP contribution in [-0.2, 0) is 6.54 Å². The van der Waals surface area contributed by atoms with Crippen LogP contribution in [0, 0.1) is 0 Å². The molecule has 0 fully saturated rings. The summed E-state index contributed by atoms with van der Waals surface area (Å²) in [7, 11) is 0. The molecule has 2 aromatic heterocycles. The average Bonchev–Trinajstić information content (AvgIpc) is 2.38. The van der Waals surface area contributed by atoms with Crippen LogP contribution in [0.3, 0.4) is 0 Å². The number of carbonyl (C=O) groups excluding carboxylic acids is 1. The molecule has 5 heteroatoms. The first kappa shape index (κ1) is 11.5. The molecule has 0 aliphatic rings. The van der Waals surface area contributed by atoms with Gasteiger partial charge in [-0.3, -0.25) is 9.78 Å². The van der Waals surface area contributed by atoms with Gasteiger partial charge in [-0.2, -0.15) is 0 Å². The third-order valence-electron chi connectivity index (χ3n) is 2.18. The molecule has 0 radical (unpaired) electrons. The number of aromatic nitrogens is 2. The Morgan fingerprint density at radius 1 is 1.29 bits per heavy atom. The molecule has 0 aliphatic heterocycles. The van der Waals surface area contributed by atoms with Crippen molar-refractivity contribution in [2.24, 2.45) is 0 Å². The van der Waals surface area contributed by atoms with Gasteiger partial charge in [-0.05, 0) is 23.8 Å². The van der Waals surface area contributed by atoms with E-state index in [0.717, 1.165) is 5.56 Å². The SMILES string of the molecule is O=C(NCc1cccnc1)c1cccnc1Cl. The number of amides is 1. The molecule has 0 saturated heterocycles. The van der Waals surface area contributed by atoms with Gasteiger partial charge in [0.1, 0.15) is 5.15 Å². The smallest absolute Gasteiger partial charge is 0.254 e. The van der Waals surface area contributed by atoms with Crippen molar-refractivity contribution in [3.63, 3.8) is 0 Å². The Kier molecular flexibility index (Phi) is 3.67. The van der Waals surface area contributed by atoms with E-state index in [0.29, 0.717) is 12.1 Å². The fourth-order valence-electron chi connectivity index (χ4n) is 1.34. The third-order valence-corrected chi connectivity index (χ3v) is 2.48. The molecule has 86 valence electrons. The summed E-state index contributed by atoms with van der Waals surface area (Å²) in [5, 5.41) is 2.96. The van der Waals surface area contributed by atoms with E-state index in [1.54, 1.807) is 30.7 Å². The standard InChI is InChI=1S/C12H10ClN3O/c13-11-10(4-2-6-15-11)12(17)16-8-9-3-1-5-14-7-9/h1-7H,8H2,(H,16,17). The lowest BCUT2D eigenvalue weighted by atomic mass is 10.2. The maximum Gasteiger partial charge on any atom is 0.254 e. The van der Waals surface area contributed by atoms with Crippen LogP contribution in [0.1, 0.15) is 15.9 Å². The normalized spacial score (nSPS) is 9.94. The number of halogens is 1. The van der Waals surface area contributed by atoms with Crippen LogP contribution in [0.4, 0.5) is 0 Å². The van der Waals surface area contributed by atoms with Gasteiger partial charge in [0.15, 0.2) is 0 Å². The maximum absolute atomic E-state index is 11.8. The van der Waals surface area contributed by atoms with Crippen LogP contribution >= 0.6 is 11.6 Å². The first-order valence-corrected chi connectivity index (χ1v) is 5.43. The minimum atomic E-state index is -0.244. The fourth-order valence-corrected chi connectivity index (χ4v) is 1.54. The number of carbonyl (C=O) groups is 1. The summed E-state index contributed by atoms with van der Waals surface area (Å²) in [6.45, 7) is 0.415. The second-order valence-corrected chi connectivity index (χ2v) is 3.74. The van der Waals surface area contributed by atoms with E-state index in [2.05, 4.69) is 15.3 Å². The van der Waals surface area contributed by atoms with E-state index in [1.807, 2.05) is 12.1 Å². The molecule has 0 saturated carbocycles. The zero-order chi connectivity index (χ0) is 12.1. The topological polar surface area (TPSA) is 54.9 Å². The molecule has 17 heavy (non-hydrogen) atoms. The highest BCUT2D eigenvalue weighted by atomic mass is 35.5. The van der Waals surface area contributed by atoms with Crippen molar-refractivity contribution < 1.29 is 4.79 Å². The zero-order valence-corrected chi connectivity index (χ0v) is 9.69. The van der Waals surface area contributed by atoms with Crippen molar-refractivity contribution in [1.82, 2.24) is 15.3 Å². The zero-order valence-electron chi connectivity index (χ0n) is 8.93. The fraction of sp³-hybridized carbons (Fsp3) is 0.0833. The van der Waals surface area contributed by atoms with Gasteiger partial charge in [-0.15, -0.1) is 0 Å². The van der Waals surface area contributed by atoms with Crippen molar-refractivity contribution in [2.75, 3.05) is 0 Å². The molecule has 2 heterocycles. The van der Waals surface area contributed by atoms with Crippen molar-refractivity contribution in [3.8, 4) is 0 Å². The average molecular weight is 248 g/mol. The highest BCUT2D eigenvalue weighted by molar-refractivity contribution is 6.32. The Morgan fingerprint density at radius 3 is 2.82 bits per heavy atom. The van der Waals surface area contributed by atoms with E-state index < -0.39 is 0 Å². The molecule has 1 amide bonds. The third kappa shape index (κ3) is 3.01. The van der Waals surface area contributed by atoms with E-state index >= 15 is 0 Å². The molecule has 2 aromatic rings. The lowest BCUT2D eigenvalue weighted by molar-refractivity contribution is 0.0950. The lowest BCUT2D eigenvalue weighted by Gasteiger charge is -2.05. The molecule has 4 nitrogen and oxygen atoms in total. The number of nitrogens with one attached hydrogen (secondary N) is 1. The van der Waals surface area contributed by atoms with Crippen LogP contribution in [0.2, 0.25) is 5.15 Å². The van der Waals surface area contributed by atoms with E-state index in [4.69, 9.17) is 11.6 Å². The number of pyridine rings is 2. The molecule has 0 aliphatic carbocycles. The van der Waals surface area contributed by atoms with Gasteiger partial charge in [0.2, 0.25) is 0 Å². The summed E-state index contributed by atoms with van der Waals surface area (Å²) >= 11 is 5.82. The number of nitrogens with zero attached hydrogens (tertiary/aromatic N) is 2. The maximum atomic E-state index is 11.8. The predicted molar refractivity (Wildman–Crippen MR) is 64.7 cm³/mol. The number of rotatable bonds is 3. The highest BCUT2D eigenvalue weighted by Gasteiger charge is 2.09. The first-order chi connectivity index (χ1) is 8.27. The Labute approximate surface area is 104 Å². The molecular formula is C12H10ClN3O. The Hall–Kier alpha value is -1.94.